The number of hydrogen-bond acceptors (Lipinski definition) is 7. The monoisotopic (exact) mass is 587 g/mol. The Morgan fingerprint density at radius 3 is 2.44 bits per heavy atom. The van der Waals surface area contributed by atoms with E-state index in [0.717, 1.165) is 53.9 Å². The van der Waals surface area contributed by atoms with Crippen molar-refractivity contribution in [3.63, 3.8) is 0 Å². The lowest BCUT2D eigenvalue weighted by Gasteiger charge is -2.34. The van der Waals surface area contributed by atoms with Gasteiger partial charge in [-0.25, -0.2) is 17.2 Å². The van der Waals surface area contributed by atoms with Crippen LogP contribution >= 0.6 is 0 Å². The second-order valence-corrected chi connectivity index (χ2v) is 12.8. The maximum absolute atomic E-state index is 13.8. The van der Waals surface area contributed by atoms with Gasteiger partial charge in [0, 0.05) is 86.9 Å². The van der Waals surface area contributed by atoms with Gasteiger partial charge >= 0.3 is 0 Å². The number of carbonyl (C=O) groups excluding carboxylic acids is 1. The Bertz CT molecular complexity index is 1520. The highest BCUT2D eigenvalue weighted by atomic mass is 32.2. The van der Waals surface area contributed by atoms with Crippen molar-refractivity contribution in [2.24, 2.45) is 0 Å². The second-order valence-electron chi connectivity index (χ2n) is 10.8. The Kier molecular flexibility index (Phi) is 8.41. The molecule has 3 N–H and O–H groups in total. The molecule has 1 aromatic heterocycles. The molecule has 2 aromatic carbocycles. The molecule has 0 spiro atoms. The number of aromatic amines is 1. The molecular weight excluding hydrogens is 552 g/mol. The van der Waals surface area contributed by atoms with E-state index in [4.69, 9.17) is 0 Å². The highest BCUT2D eigenvalue weighted by Gasteiger charge is 2.32. The van der Waals surface area contributed by atoms with Crippen LogP contribution in [0.15, 0.2) is 41.3 Å². The zero-order chi connectivity index (χ0) is 29.3. The number of aromatic nitrogens is 2. The molecule has 1 amide bonds. The van der Waals surface area contributed by atoms with Crippen LogP contribution in [0.3, 0.4) is 0 Å². The number of halogens is 2. The summed E-state index contributed by atoms with van der Waals surface area (Å²) in [6.07, 6.45) is 0.304. The van der Waals surface area contributed by atoms with Crippen LogP contribution in [0.25, 0.3) is 0 Å². The fourth-order valence-electron chi connectivity index (χ4n) is 5.10. The fourth-order valence-corrected chi connectivity index (χ4v) is 6.56. The summed E-state index contributed by atoms with van der Waals surface area (Å²) in [5, 5.41) is 13.4. The average molecular weight is 588 g/mol. The summed E-state index contributed by atoms with van der Waals surface area (Å²) >= 11 is 0. The summed E-state index contributed by atoms with van der Waals surface area (Å²) in [5.41, 5.74) is 3.60. The SMILES string of the molecule is CC(C)NCc1cc(N2CCN(C)CC2)ccc1C(=O)Nc1n[nH]c2c1CN(S(=O)(=O)c1cc(F)cc(F)c1)CC2. The summed E-state index contributed by atoms with van der Waals surface area (Å²) in [5.74, 6) is -2.09. The quantitative estimate of drug-likeness (QED) is 0.372. The molecule has 2 aliphatic rings. The average Bonchev–Trinajstić information content (AvgIpc) is 3.33. The third-order valence-electron chi connectivity index (χ3n) is 7.51. The number of nitrogens with zero attached hydrogens (tertiary/aromatic N) is 4. The van der Waals surface area contributed by atoms with Crippen molar-refractivity contribution < 1.29 is 22.0 Å². The summed E-state index contributed by atoms with van der Waals surface area (Å²) in [6.45, 7) is 8.31. The number of carbonyl (C=O) groups is 1. The molecule has 41 heavy (non-hydrogen) atoms. The third kappa shape index (κ3) is 6.43. The van der Waals surface area contributed by atoms with Crippen LogP contribution in [0, 0.1) is 11.6 Å². The molecule has 0 aliphatic carbocycles. The highest BCUT2D eigenvalue weighted by Crippen LogP contribution is 2.30. The van der Waals surface area contributed by atoms with Gasteiger partial charge in [-0.1, -0.05) is 13.8 Å². The molecule has 0 atom stereocenters. The van der Waals surface area contributed by atoms with E-state index in [9.17, 15) is 22.0 Å². The molecule has 3 heterocycles. The van der Waals surface area contributed by atoms with Crippen molar-refractivity contribution in [3.8, 4) is 0 Å². The smallest absolute Gasteiger partial charge is 0.257 e. The first kappa shape index (κ1) is 29.1. The topological polar surface area (TPSA) is 114 Å². The van der Waals surface area contributed by atoms with Gasteiger partial charge in [-0.3, -0.25) is 9.89 Å². The number of likely N-dealkylation sites (N-methyl/N-ethyl adjacent to an activating group) is 1. The number of benzene rings is 2. The molecule has 5 rings (SSSR count). The van der Waals surface area contributed by atoms with Crippen LogP contribution in [-0.4, -0.2) is 79.5 Å². The first-order valence-electron chi connectivity index (χ1n) is 13.6. The number of sulfonamides is 1. The van der Waals surface area contributed by atoms with Crippen LogP contribution in [-0.2, 0) is 29.5 Å². The largest absolute Gasteiger partial charge is 0.369 e. The summed E-state index contributed by atoms with van der Waals surface area (Å²) < 4.78 is 55.1. The van der Waals surface area contributed by atoms with Crippen molar-refractivity contribution in [2.75, 3.05) is 50.0 Å². The van der Waals surface area contributed by atoms with Gasteiger partial charge in [0.25, 0.3) is 5.91 Å². The normalized spacial score (nSPS) is 16.7. The number of H-pyrrole nitrogens is 1. The van der Waals surface area contributed by atoms with Gasteiger partial charge in [0.05, 0.1) is 4.90 Å². The van der Waals surface area contributed by atoms with Crippen molar-refractivity contribution in [3.05, 3.63) is 70.4 Å². The van der Waals surface area contributed by atoms with Gasteiger partial charge in [0.1, 0.15) is 11.6 Å². The van der Waals surface area contributed by atoms with E-state index in [-0.39, 0.29) is 30.9 Å². The van der Waals surface area contributed by atoms with E-state index >= 15 is 0 Å². The Morgan fingerprint density at radius 2 is 1.76 bits per heavy atom. The molecule has 0 radical (unpaired) electrons. The Hall–Kier alpha value is -3.39. The maximum Gasteiger partial charge on any atom is 0.257 e. The second kappa shape index (κ2) is 11.8. The lowest BCUT2D eigenvalue weighted by atomic mass is 10.0. The molecule has 10 nitrogen and oxygen atoms in total. The van der Waals surface area contributed by atoms with Crippen molar-refractivity contribution in [1.29, 1.82) is 0 Å². The van der Waals surface area contributed by atoms with E-state index in [2.05, 4.69) is 37.7 Å². The minimum absolute atomic E-state index is 0.0990. The van der Waals surface area contributed by atoms with Gasteiger partial charge in [-0.2, -0.15) is 9.40 Å². The van der Waals surface area contributed by atoms with Gasteiger partial charge in [-0.05, 0) is 42.9 Å². The highest BCUT2D eigenvalue weighted by molar-refractivity contribution is 7.89. The number of rotatable bonds is 8. The minimum Gasteiger partial charge on any atom is -0.369 e. The van der Waals surface area contributed by atoms with Crippen molar-refractivity contribution >= 4 is 27.4 Å². The predicted molar refractivity (Wildman–Crippen MR) is 152 cm³/mol. The number of fused-ring (bicyclic) bond motifs is 1. The van der Waals surface area contributed by atoms with E-state index in [1.807, 2.05) is 32.0 Å². The summed E-state index contributed by atoms with van der Waals surface area (Å²) in [4.78, 5) is 17.7. The predicted octanol–water partition coefficient (Wildman–Crippen LogP) is 2.94. The first-order valence-corrected chi connectivity index (χ1v) is 15.1. The molecule has 0 saturated carbocycles. The van der Waals surface area contributed by atoms with E-state index in [1.54, 1.807) is 0 Å². The summed E-state index contributed by atoms with van der Waals surface area (Å²) in [7, 11) is -2.08. The number of hydrogen-bond donors (Lipinski definition) is 3. The van der Waals surface area contributed by atoms with Crippen LogP contribution in [0.2, 0.25) is 0 Å². The molecule has 1 fully saturated rings. The molecule has 3 aromatic rings. The van der Waals surface area contributed by atoms with Crippen molar-refractivity contribution in [2.45, 2.75) is 44.3 Å². The van der Waals surface area contributed by atoms with Crippen LogP contribution in [0.4, 0.5) is 20.3 Å². The molecular formula is C28H35F2N7O3S. The molecule has 2 aliphatic heterocycles. The van der Waals surface area contributed by atoms with Gasteiger partial charge in [-0.15, -0.1) is 0 Å². The first-order chi connectivity index (χ1) is 19.5. The van der Waals surface area contributed by atoms with Crippen LogP contribution in [0.1, 0.15) is 41.0 Å². The zero-order valence-corrected chi connectivity index (χ0v) is 24.2. The molecule has 220 valence electrons. The lowest BCUT2D eigenvalue weighted by Crippen LogP contribution is -2.44. The van der Waals surface area contributed by atoms with E-state index in [1.165, 1.54) is 0 Å². The molecule has 0 bridgehead atoms. The Balaban J connectivity index is 1.37. The Morgan fingerprint density at radius 1 is 1.05 bits per heavy atom. The van der Waals surface area contributed by atoms with Crippen molar-refractivity contribution in [1.82, 2.24) is 24.7 Å². The number of anilines is 2. The van der Waals surface area contributed by atoms with Crippen LogP contribution in [0.5, 0.6) is 0 Å². The summed E-state index contributed by atoms with van der Waals surface area (Å²) in [6, 6.07) is 8.24. The van der Waals surface area contributed by atoms with E-state index < -0.39 is 26.6 Å². The zero-order valence-electron chi connectivity index (χ0n) is 23.4. The minimum atomic E-state index is -4.18. The van der Waals surface area contributed by atoms with Gasteiger partial charge < -0.3 is 20.4 Å². The number of piperazine rings is 1. The molecule has 0 unspecified atom stereocenters. The molecule has 13 heteroatoms. The fraction of sp³-hybridized carbons (Fsp3) is 0.429. The van der Waals surface area contributed by atoms with Crippen LogP contribution < -0.4 is 15.5 Å². The van der Waals surface area contributed by atoms with Gasteiger partial charge in [0.15, 0.2) is 5.82 Å². The number of amides is 1. The van der Waals surface area contributed by atoms with E-state index in [0.29, 0.717) is 35.9 Å². The standard InChI is InChI=1S/C28H35F2N7O3S/c1-18(2)31-16-19-12-22(36-10-8-35(3)9-11-36)4-5-24(19)28(38)32-27-25-17-37(7-6-26(25)33-34-27)41(39,40)23-14-20(29)13-21(30)15-23/h4-5,12-15,18,31H,6-11,16-17H2,1-3H3,(H2,32,33,34,38). The molecule has 1 saturated heterocycles. The lowest BCUT2D eigenvalue weighted by molar-refractivity contribution is 0.102. The Labute approximate surface area is 238 Å². The maximum atomic E-state index is 13.8. The number of nitrogens with one attached hydrogen (secondary N) is 3. The third-order valence-corrected chi connectivity index (χ3v) is 9.33. The van der Waals surface area contributed by atoms with Gasteiger partial charge in [0.2, 0.25) is 10.0 Å².